The van der Waals surface area contributed by atoms with Gasteiger partial charge in [0.05, 0.1) is 10.8 Å². The van der Waals surface area contributed by atoms with Crippen LogP contribution in [0.15, 0.2) is 59.5 Å². The fraction of sp³-hybridized carbons (Fsp3) is 0.435. The van der Waals surface area contributed by atoms with E-state index in [2.05, 4.69) is 22.3 Å². The summed E-state index contributed by atoms with van der Waals surface area (Å²) in [6, 6.07) is 17.0. The number of benzene rings is 2. The van der Waals surface area contributed by atoms with Gasteiger partial charge in [0.25, 0.3) is 0 Å². The number of hydrogen-bond donors (Lipinski definition) is 1. The largest absolute Gasteiger partial charge is 0.375 e. The Morgan fingerprint density at radius 2 is 1.83 bits per heavy atom. The Balaban J connectivity index is 1.49. The van der Waals surface area contributed by atoms with Gasteiger partial charge in [0, 0.05) is 38.9 Å². The molecule has 1 N–H and O–H groups in total. The number of anilines is 1. The highest BCUT2D eigenvalue weighted by Gasteiger charge is 2.33. The molecule has 1 saturated heterocycles. The smallest absolute Gasteiger partial charge is 0.243 e. The molecule has 1 atom stereocenters. The lowest BCUT2D eigenvalue weighted by Gasteiger charge is -2.31. The average Bonchev–Trinajstić information content (AvgIpc) is 2.77. The Morgan fingerprint density at radius 3 is 2.53 bits per heavy atom. The highest BCUT2D eigenvalue weighted by Crippen LogP contribution is 2.24. The number of hydrogen-bond acceptors (Lipinski definition) is 4. The van der Waals surface area contributed by atoms with Gasteiger partial charge in [0.2, 0.25) is 15.9 Å². The van der Waals surface area contributed by atoms with Crippen LogP contribution in [0, 0.1) is 12.8 Å². The molecule has 3 rings (SSSR count). The molecule has 1 unspecified atom stereocenters. The second-order valence-corrected chi connectivity index (χ2v) is 9.85. The van der Waals surface area contributed by atoms with Crippen LogP contribution in [0.25, 0.3) is 0 Å². The van der Waals surface area contributed by atoms with Crippen LogP contribution in [-0.4, -0.2) is 51.9 Å². The Hall–Kier alpha value is -2.38. The number of nitrogens with zero attached hydrogens (tertiary/aromatic N) is 2. The number of piperidine rings is 1. The summed E-state index contributed by atoms with van der Waals surface area (Å²) < 4.78 is 27.3. The van der Waals surface area contributed by atoms with Crippen LogP contribution in [-0.2, 0) is 14.8 Å². The maximum Gasteiger partial charge on any atom is 0.243 e. The maximum absolute atomic E-state index is 12.9. The molecule has 30 heavy (non-hydrogen) atoms. The van der Waals surface area contributed by atoms with Crippen LogP contribution in [0.5, 0.6) is 0 Å². The lowest BCUT2D eigenvalue weighted by Crippen LogP contribution is -2.45. The SMILES string of the molecule is Cc1ccc(S(=O)(=O)N2CCCC(C(=O)NCCCN(C)c3ccccc3)C2)cc1. The van der Waals surface area contributed by atoms with E-state index in [0.717, 1.165) is 30.6 Å². The van der Waals surface area contributed by atoms with E-state index in [4.69, 9.17) is 0 Å². The quantitative estimate of drug-likeness (QED) is 0.655. The van der Waals surface area contributed by atoms with Crippen molar-refractivity contribution in [1.29, 1.82) is 0 Å². The summed E-state index contributed by atoms with van der Waals surface area (Å²) in [5.74, 6) is -0.355. The van der Waals surface area contributed by atoms with E-state index in [1.807, 2.05) is 32.2 Å². The number of amides is 1. The average molecular weight is 430 g/mol. The normalized spacial score (nSPS) is 17.5. The number of rotatable bonds is 8. The lowest BCUT2D eigenvalue weighted by molar-refractivity contribution is -0.126. The third-order valence-corrected chi connectivity index (χ3v) is 7.46. The second kappa shape index (κ2) is 10.1. The standard InChI is InChI=1S/C23H31N3O3S/c1-19-11-13-22(14-12-19)30(28,29)26-17-6-8-20(18-26)23(27)24-15-7-16-25(2)21-9-4-3-5-10-21/h3-5,9-14,20H,6-8,15-18H2,1-2H3,(H,24,27). The molecule has 1 amide bonds. The molecule has 7 heteroatoms. The molecule has 2 aromatic rings. The summed E-state index contributed by atoms with van der Waals surface area (Å²) >= 11 is 0. The van der Waals surface area contributed by atoms with Crippen LogP contribution in [0.1, 0.15) is 24.8 Å². The van der Waals surface area contributed by atoms with Gasteiger partial charge in [-0.3, -0.25) is 4.79 Å². The van der Waals surface area contributed by atoms with E-state index in [-0.39, 0.29) is 23.3 Å². The minimum absolute atomic E-state index is 0.0545. The van der Waals surface area contributed by atoms with Crippen molar-refractivity contribution in [3.8, 4) is 0 Å². The number of carbonyl (C=O) groups is 1. The molecule has 6 nitrogen and oxygen atoms in total. The molecular formula is C23H31N3O3S. The number of sulfonamides is 1. The van der Waals surface area contributed by atoms with Crippen molar-refractivity contribution in [1.82, 2.24) is 9.62 Å². The van der Waals surface area contributed by atoms with Gasteiger partial charge in [-0.25, -0.2) is 8.42 Å². The minimum atomic E-state index is -3.57. The Labute approximate surface area is 179 Å². The third kappa shape index (κ3) is 5.61. The molecule has 0 bridgehead atoms. The van der Waals surface area contributed by atoms with Gasteiger partial charge < -0.3 is 10.2 Å². The first-order valence-corrected chi connectivity index (χ1v) is 11.9. The van der Waals surface area contributed by atoms with Gasteiger partial charge in [-0.05, 0) is 50.5 Å². The summed E-state index contributed by atoms with van der Waals surface area (Å²) in [7, 11) is -1.53. The minimum Gasteiger partial charge on any atom is -0.375 e. The van der Waals surface area contributed by atoms with Crippen molar-refractivity contribution in [3.05, 3.63) is 60.2 Å². The van der Waals surface area contributed by atoms with Crippen molar-refractivity contribution in [2.45, 2.75) is 31.1 Å². The lowest BCUT2D eigenvalue weighted by atomic mass is 9.99. The first-order chi connectivity index (χ1) is 14.4. The first kappa shape index (κ1) is 22.3. The third-order valence-electron chi connectivity index (χ3n) is 5.58. The topological polar surface area (TPSA) is 69.7 Å². The second-order valence-electron chi connectivity index (χ2n) is 7.92. The molecular weight excluding hydrogens is 398 g/mol. The zero-order valence-corrected chi connectivity index (χ0v) is 18.6. The molecule has 2 aromatic carbocycles. The Bertz CT molecular complexity index is 930. The molecule has 162 valence electrons. The van der Waals surface area contributed by atoms with Gasteiger partial charge in [-0.15, -0.1) is 0 Å². The van der Waals surface area contributed by atoms with Crippen molar-refractivity contribution in [3.63, 3.8) is 0 Å². The van der Waals surface area contributed by atoms with Crippen molar-refractivity contribution in [2.75, 3.05) is 38.1 Å². The molecule has 1 heterocycles. The summed E-state index contributed by atoms with van der Waals surface area (Å²) in [5, 5.41) is 2.99. The van der Waals surface area contributed by atoms with Crippen LogP contribution in [0.2, 0.25) is 0 Å². The van der Waals surface area contributed by atoms with Crippen molar-refractivity contribution < 1.29 is 13.2 Å². The van der Waals surface area contributed by atoms with Crippen molar-refractivity contribution in [2.24, 2.45) is 5.92 Å². The highest BCUT2D eigenvalue weighted by molar-refractivity contribution is 7.89. The van der Waals surface area contributed by atoms with E-state index >= 15 is 0 Å². The fourth-order valence-corrected chi connectivity index (χ4v) is 5.24. The molecule has 1 aliphatic rings. The van der Waals surface area contributed by atoms with Gasteiger partial charge in [-0.2, -0.15) is 4.31 Å². The van der Waals surface area contributed by atoms with E-state index < -0.39 is 10.0 Å². The number of para-hydroxylation sites is 1. The molecule has 0 spiro atoms. The summed E-state index contributed by atoms with van der Waals surface area (Å²) in [6.07, 6.45) is 2.24. The zero-order chi connectivity index (χ0) is 21.6. The van der Waals surface area contributed by atoms with E-state index in [1.54, 1.807) is 24.3 Å². The molecule has 0 aromatic heterocycles. The Kier molecular flexibility index (Phi) is 7.50. The van der Waals surface area contributed by atoms with Gasteiger partial charge in [0.15, 0.2) is 0 Å². The molecule has 0 saturated carbocycles. The molecule has 0 aliphatic carbocycles. The highest BCUT2D eigenvalue weighted by atomic mass is 32.2. The summed E-state index contributed by atoms with van der Waals surface area (Å²) in [5.41, 5.74) is 2.16. The summed E-state index contributed by atoms with van der Waals surface area (Å²) in [4.78, 5) is 15.1. The maximum atomic E-state index is 12.9. The van der Waals surface area contributed by atoms with Crippen LogP contribution in [0.3, 0.4) is 0 Å². The van der Waals surface area contributed by atoms with Crippen LogP contribution in [0.4, 0.5) is 5.69 Å². The first-order valence-electron chi connectivity index (χ1n) is 10.5. The summed E-state index contributed by atoms with van der Waals surface area (Å²) in [6.45, 7) is 4.04. The molecule has 0 radical (unpaired) electrons. The van der Waals surface area contributed by atoms with Crippen LogP contribution < -0.4 is 10.2 Å². The molecule has 1 aliphatic heterocycles. The predicted octanol–water partition coefficient (Wildman–Crippen LogP) is 3.04. The fourth-order valence-electron chi connectivity index (χ4n) is 3.72. The van der Waals surface area contributed by atoms with E-state index in [1.165, 1.54) is 4.31 Å². The Morgan fingerprint density at radius 1 is 1.13 bits per heavy atom. The number of aryl methyl sites for hydroxylation is 1. The van der Waals surface area contributed by atoms with Gasteiger partial charge >= 0.3 is 0 Å². The van der Waals surface area contributed by atoms with Gasteiger partial charge in [0.1, 0.15) is 0 Å². The number of nitrogens with one attached hydrogen (secondary N) is 1. The number of carbonyl (C=O) groups excluding carboxylic acids is 1. The van der Waals surface area contributed by atoms with E-state index in [0.29, 0.717) is 19.5 Å². The van der Waals surface area contributed by atoms with E-state index in [9.17, 15) is 13.2 Å². The zero-order valence-electron chi connectivity index (χ0n) is 17.8. The van der Waals surface area contributed by atoms with Gasteiger partial charge in [-0.1, -0.05) is 35.9 Å². The van der Waals surface area contributed by atoms with Crippen LogP contribution >= 0.6 is 0 Å². The monoisotopic (exact) mass is 429 g/mol. The van der Waals surface area contributed by atoms with Crippen molar-refractivity contribution >= 4 is 21.6 Å². The predicted molar refractivity (Wildman–Crippen MR) is 120 cm³/mol. The molecule has 1 fully saturated rings.